The van der Waals surface area contributed by atoms with Crippen LogP contribution in [0.4, 0.5) is 5.69 Å². The first kappa shape index (κ1) is 20.0. The van der Waals surface area contributed by atoms with Crippen LogP contribution in [-0.2, 0) is 4.79 Å². The number of rotatable bonds is 7. The van der Waals surface area contributed by atoms with Gasteiger partial charge in [0.2, 0.25) is 0 Å². The summed E-state index contributed by atoms with van der Waals surface area (Å²) in [7, 11) is 0. The summed E-state index contributed by atoms with van der Waals surface area (Å²) < 4.78 is 6.58. The molecule has 0 aromatic heterocycles. The molecule has 138 valence electrons. The van der Waals surface area contributed by atoms with E-state index in [9.17, 15) is 9.59 Å². The second kappa shape index (κ2) is 9.38. The number of para-hydroxylation sites is 1. The highest BCUT2D eigenvalue weighted by Crippen LogP contribution is 2.19. The van der Waals surface area contributed by atoms with Crippen LogP contribution >= 0.6 is 15.9 Å². The molecule has 0 bridgehead atoms. The van der Waals surface area contributed by atoms with Gasteiger partial charge >= 0.3 is 0 Å². The molecule has 6 heteroatoms. The maximum Gasteiger partial charge on any atom is 0.265 e. The van der Waals surface area contributed by atoms with E-state index in [0.717, 1.165) is 4.47 Å². The van der Waals surface area contributed by atoms with Crippen molar-refractivity contribution < 1.29 is 14.3 Å². The Kier molecular flexibility index (Phi) is 7.21. The summed E-state index contributed by atoms with van der Waals surface area (Å²) in [5, 5.41) is 5.64. The lowest BCUT2D eigenvalue weighted by molar-refractivity contribution is -0.122. The molecule has 2 N–H and O–H groups in total. The molecule has 0 fully saturated rings. The molecule has 0 saturated carbocycles. The van der Waals surface area contributed by atoms with Crippen molar-refractivity contribution in [2.24, 2.45) is 5.92 Å². The maximum absolute atomic E-state index is 12.4. The second-order valence-corrected chi connectivity index (χ2v) is 7.27. The maximum atomic E-state index is 12.4. The molecule has 0 aliphatic carbocycles. The normalized spacial score (nSPS) is 11.7. The van der Waals surface area contributed by atoms with Crippen molar-refractivity contribution in [1.29, 1.82) is 0 Å². The molecule has 0 saturated heterocycles. The lowest BCUT2D eigenvalue weighted by Gasteiger charge is -2.17. The van der Waals surface area contributed by atoms with Gasteiger partial charge < -0.3 is 15.4 Å². The third kappa shape index (κ3) is 5.88. The predicted octanol–water partition coefficient (Wildman–Crippen LogP) is 4.24. The van der Waals surface area contributed by atoms with Crippen LogP contribution in [0.15, 0.2) is 53.0 Å². The van der Waals surface area contributed by atoms with Gasteiger partial charge in [-0.1, -0.05) is 41.9 Å². The van der Waals surface area contributed by atoms with Gasteiger partial charge in [0.25, 0.3) is 11.8 Å². The average Bonchev–Trinajstić information content (AvgIpc) is 2.62. The Morgan fingerprint density at radius 1 is 1.04 bits per heavy atom. The van der Waals surface area contributed by atoms with Crippen molar-refractivity contribution in [3.63, 3.8) is 0 Å². The zero-order valence-corrected chi connectivity index (χ0v) is 16.7. The average molecular weight is 419 g/mol. The van der Waals surface area contributed by atoms with Crippen molar-refractivity contribution in [3.05, 3.63) is 58.6 Å². The van der Waals surface area contributed by atoms with E-state index >= 15 is 0 Å². The van der Waals surface area contributed by atoms with Gasteiger partial charge in [0, 0.05) is 11.0 Å². The fraction of sp³-hybridized carbons (Fsp3) is 0.300. The largest absolute Gasteiger partial charge is 0.481 e. The Hall–Kier alpha value is -2.34. The van der Waals surface area contributed by atoms with Gasteiger partial charge in [0.1, 0.15) is 5.75 Å². The third-order valence-corrected chi connectivity index (χ3v) is 4.12. The van der Waals surface area contributed by atoms with Gasteiger partial charge in [-0.05, 0) is 49.2 Å². The first-order chi connectivity index (χ1) is 12.4. The van der Waals surface area contributed by atoms with Crippen LogP contribution in [-0.4, -0.2) is 24.5 Å². The number of carbonyl (C=O) groups excluding carboxylic acids is 2. The van der Waals surface area contributed by atoms with Crippen LogP contribution in [0.1, 0.15) is 31.1 Å². The molecule has 0 aliphatic rings. The van der Waals surface area contributed by atoms with Crippen LogP contribution in [0, 0.1) is 5.92 Å². The smallest absolute Gasteiger partial charge is 0.265 e. The number of carbonyl (C=O) groups is 2. The van der Waals surface area contributed by atoms with Crippen molar-refractivity contribution in [1.82, 2.24) is 5.32 Å². The Labute approximate surface area is 162 Å². The fourth-order valence-electron chi connectivity index (χ4n) is 2.19. The number of halogens is 1. The number of nitrogens with one attached hydrogen (secondary N) is 2. The number of hydrogen-bond donors (Lipinski definition) is 2. The molecule has 2 aromatic rings. The van der Waals surface area contributed by atoms with Crippen molar-refractivity contribution in [3.8, 4) is 5.75 Å². The molecule has 2 aromatic carbocycles. The molecule has 2 amide bonds. The van der Waals surface area contributed by atoms with Gasteiger partial charge in [-0.3, -0.25) is 9.59 Å². The first-order valence-corrected chi connectivity index (χ1v) is 9.26. The van der Waals surface area contributed by atoms with Gasteiger partial charge in [-0.25, -0.2) is 0 Å². The van der Waals surface area contributed by atoms with E-state index in [-0.39, 0.29) is 11.8 Å². The summed E-state index contributed by atoms with van der Waals surface area (Å²) in [6.07, 6.45) is -0.706. The van der Waals surface area contributed by atoms with Crippen LogP contribution < -0.4 is 15.4 Å². The summed E-state index contributed by atoms with van der Waals surface area (Å²) in [5.41, 5.74) is 0.891. The van der Waals surface area contributed by atoms with Crippen LogP contribution in [0.5, 0.6) is 5.75 Å². The van der Waals surface area contributed by atoms with Crippen LogP contribution in [0.2, 0.25) is 0 Å². The van der Waals surface area contributed by atoms with E-state index in [0.29, 0.717) is 29.5 Å². The monoisotopic (exact) mass is 418 g/mol. The Balaban J connectivity index is 2.04. The molecule has 26 heavy (non-hydrogen) atoms. The lowest BCUT2D eigenvalue weighted by atomic mass is 10.1. The van der Waals surface area contributed by atoms with E-state index in [1.54, 1.807) is 43.3 Å². The van der Waals surface area contributed by atoms with Gasteiger partial charge in [-0.15, -0.1) is 0 Å². The first-order valence-electron chi connectivity index (χ1n) is 8.47. The highest BCUT2D eigenvalue weighted by Gasteiger charge is 2.18. The predicted molar refractivity (Wildman–Crippen MR) is 106 cm³/mol. The highest BCUT2D eigenvalue weighted by atomic mass is 79.9. The topological polar surface area (TPSA) is 67.4 Å². The minimum Gasteiger partial charge on any atom is -0.481 e. The standard InChI is InChI=1S/C20H23BrN2O3/c1-13(2)12-22-20(25)17-6-4-5-7-18(17)23-19(24)14(3)26-16-10-8-15(21)9-11-16/h4-11,13-14H,12H2,1-3H3,(H,22,25)(H,23,24). The third-order valence-electron chi connectivity index (χ3n) is 3.60. The van der Waals surface area contributed by atoms with E-state index in [2.05, 4.69) is 26.6 Å². The van der Waals surface area contributed by atoms with Gasteiger partial charge in [0.05, 0.1) is 11.3 Å². The molecule has 0 aliphatic heterocycles. The lowest BCUT2D eigenvalue weighted by Crippen LogP contribution is -2.32. The highest BCUT2D eigenvalue weighted by molar-refractivity contribution is 9.10. The Morgan fingerprint density at radius 2 is 1.69 bits per heavy atom. The zero-order valence-electron chi connectivity index (χ0n) is 15.1. The SMILES string of the molecule is CC(C)CNC(=O)c1ccccc1NC(=O)C(C)Oc1ccc(Br)cc1. The van der Waals surface area contributed by atoms with Gasteiger partial charge in [-0.2, -0.15) is 0 Å². The Morgan fingerprint density at radius 3 is 2.35 bits per heavy atom. The van der Waals surface area contributed by atoms with E-state index in [1.165, 1.54) is 0 Å². The minimum absolute atomic E-state index is 0.212. The fourth-order valence-corrected chi connectivity index (χ4v) is 2.45. The van der Waals surface area contributed by atoms with Crippen molar-refractivity contribution >= 4 is 33.4 Å². The second-order valence-electron chi connectivity index (χ2n) is 6.35. The van der Waals surface area contributed by atoms with Gasteiger partial charge in [0.15, 0.2) is 6.10 Å². The molecule has 1 unspecified atom stereocenters. The zero-order chi connectivity index (χ0) is 19.1. The molecule has 0 heterocycles. The van der Waals surface area contributed by atoms with Crippen molar-refractivity contribution in [2.45, 2.75) is 26.9 Å². The Bertz CT molecular complexity index is 760. The van der Waals surface area contributed by atoms with E-state index in [1.807, 2.05) is 26.0 Å². The van der Waals surface area contributed by atoms with E-state index < -0.39 is 6.10 Å². The van der Waals surface area contributed by atoms with E-state index in [4.69, 9.17) is 4.74 Å². The summed E-state index contributed by atoms with van der Waals surface area (Å²) >= 11 is 3.36. The summed E-state index contributed by atoms with van der Waals surface area (Å²) in [6, 6.07) is 14.2. The molecule has 0 spiro atoms. The number of hydrogen-bond acceptors (Lipinski definition) is 3. The number of amides is 2. The quantitative estimate of drug-likeness (QED) is 0.706. The molecule has 5 nitrogen and oxygen atoms in total. The number of anilines is 1. The molecular formula is C20H23BrN2O3. The van der Waals surface area contributed by atoms with Crippen molar-refractivity contribution in [2.75, 3.05) is 11.9 Å². The summed E-state index contributed by atoms with van der Waals surface area (Å²) in [6.45, 7) is 6.28. The summed E-state index contributed by atoms with van der Waals surface area (Å²) in [4.78, 5) is 24.8. The summed E-state index contributed by atoms with van der Waals surface area (Å²) in [5.74, 6) is 0.409. The molecule has 2 rings (SSSR count). The van der Waals surface area contributed by atoms with Crippen LogP contribution in [0.3, 0.4) is 0 Å². The number of ether oxygens (including phenoxy) is 1. The minimum atomic E-state index is -0.706. The van der Waals surface area contributed by atoms with Crippen LogP contribution in [0.25, 0.3) is 0 Å². The molecule has 0 radical (unpaired) electrons. The molecule has 1 atom stereocenters. The number of benzene rings is 2. The molecular weight excluding hydrogens is 396 g/mol.